The van der Waals surface area contributed by atoms with Gasteiger partial charge in [0.15, 0.2) is 5.78 Å². The van der Waals surface area contributed by atoms with Crippen LogP contribution < -0.4 is 4.90 Å². The lowest BCUT2D eigenvalue weighted by molar-refractivity contribution is -0.138. The second-order valence-electron chi connectivity index (χ2n) is 7.86. The maximum Gasteiger partial charge on any atom is 0.303 e. The fraction of sp³-hybridized carbons (Fsp3) is 0.409. The summed E-state index contributed by atoms with van der Waals surface area (Å²) in [5, 5.41) is 8.90. The molecule has 152 valence electrons. The molecular weight excluding hydrogens is 378 g/mol. The van der Waals surface area contributed by atoms with E-state index >= 15 is 0 Å². The molecule has 4 rings (SSSR count). The first-order chi connectivity index (χ1) is 13.9. The lowest BCUT2D eigenvalue weighted by Gasteiger charge is -2.33. The zero-order chi connectivity index (χ0) is 20.5. The summed E-state index contributed by atoms with van der Waals surface area (Å²) in [5.41, 5.74) is 0.888. The van der Waals surface area contributed by atoms with E-state index in [0.29, 0.717) is 37.3 Å². The average Bonchev–Trinajstić information content (AvgIpc) is 3.53. The van der Waals surface area contributed by atoms with E-state index in [1.807, 2.05) is 0 Å². The van der Waals surface area contributed by atoms with Crippen LogP contribution in [0.15, 0.2) is 30.3 Å². The molecular formula is C22H22F2N2O3. The lowest BCUT2D eigenvalue weighted by Crippen LogP contribution is -2.35. The van der Waals surface area contributed by atoms with Crippen LogP contribution in [0.25, 0.3) is 11.3 Å². The minimum absolute atomic E-state index is 0.0198. The summed E-state index contributed by atoms with van der Waals surface area (Å²) in [4.78, 5) is 29.0. The molecule has 1 aliphatic carbocycles. The summed E-state index contributed by atoms with van der Waals surface area (Å²) >= 11 is 0. The Kier molecular flexibility index (Phi) is 5.30. The molecule has 7 heteroatoms. The number of anilines is 1. The number of hydrogen-bond donors (Lipinski definition) is 1. The van der Waals surface area contributed by atoms with E-state index in [9.17, 15) is 18.4 Å². The fourth-order valence-corrected chi connectivity index (χ4v) is 3.91. The molecule has 1 aromatic carbocycles. The van der Waals surface area contributed by atoms with E-state index in [-0.39, 0.29) is 35.3 Å². The number of halogens is 2. The number of carboxylic acid groups (broad SMARTS) is 1. The van der Waals surface area contributed by atoms with Crippen LogP contribution in [0.4, 0.5) is 14.5 Å². The maximum atomic E-state index is 14.8. The molecule has 5 nitrogen and oxygen atoms in total. The zero-order valence-electron chi connectivity index (χ0n) is 15.9. The zero-order valence-corrected chi connectivity index (χ0v) is 15.9. The number of benzene rings is 1. The van der Waals surface area contributed by atoms with Gasteiger partial charge in [0.25, 0.3) is 0 Å². The highest BCUT2D eigenvalue weighted by atomic mass is 19.1. The maximum absolute atomic E-state index is 14.8. The number of ketones is 1. The SMILES string of the molecule is O=C(O)CC1CCN(c2c(F)cc(-c3cccc(C(=O)C4CC4)n3)cc2F)CC1. The number of aromatic nitrogens is 1. The smallest absolute Gasteiger partial charge is 0.303 e. The van der Waals surface area contributed by atoms with E-state index < -0.39 is 17.6 Å². The van der Waals surface area contributed by atoms with Crippen molar-refractivity contribution in [3.8, 4) is 11.3 Å². The van der Waals surface area contributed by atoms with Crippen molar-refractivity contribution >= 4 is 17.4 Å². The first kappa shape index (κ1) is 19.5. The highest BCUT2D eigenvalue weighted by molar-refractivity contribution is 5.98. The highest BCUT2D eigenvalue weighted by Crippen LogP contribution is 2.34. The third kappa shape index (κ3) is 4.28. The topological polar surface area (TPSA) is 70.5 Å². The first-order valence-electron chi connectivity index (χ1n) is 9.90. The van der Waals surface area contributed by atoms with Crippen molar-refractivity contribution in [2.24, 2.45) is 11.8 Å². The summed E-state index contributed by atoms with van der Waals surface area (Å²) in [6.07, 6.45) is 2.98. The van der Waals surface area contributed by atoms with Gasteiger partial charge >= 0.3 is 5.97 Å². The minimum atomic E-state index is -0.847. The van der Waals surface area contributed by atoms with Gasteiger partial charge in [-0.2, -0.15) is 0 Å². The number of nitrogens with zero attached hydrogens (tertiary/aromatic N) is 2. The van der Waals surface area contributed by atoms with Crippen LogP contribution in [0.1, 0.15) is 42.6 Å². The van der Waals surface area contributed by atoms with E-state index in [2.05, 4.69) is 4.98 Å². The summed E-state index contributed by atoms with van der Waals surface area (Å²) in [5.74, 6) is -2.17. The van der Waals surface area contributed by atoms with Crippen molar-refractivity contribution in [1.82, 2.24) is 4.98 Å². The molecule has 1 aromatic heterocycles. The summed E-state index contributed by atoms with van der Waals surface area (Å²) in [6.45, 7) is 0.823. The van der Waals surface area contributed by atoms with Gasteiger partial charge in [-0.3, -0.25) is 9.59 Å². The normalized spacial score (nSPS) is 17.4. The molecule has 2 aliphatic rings. The number of hydrogen-bond acceptors (Lipinski definition) is 4. The van der Waals surface area contributed by atoms with Gasteiger partial charge in [0, 0.05) is 31.0 Å². The summed E-state index contributed by atoms with van der Waals surface area (Å²) in [6, 6.07) is 7.43. The van der Waals surface area contributed by atoms with E-state index in [1.54, 1.807) is 23.1 Å². The second-order valence-corrected chi connectivity index (χ2v) is 7.86. The average molecular weight is 400 g/mol. The number of rotatable bonds is 6. The van der Waals surface area contributed by atoms with Gasteiger partial charge in [-0.15, -0.1) is 0 Å². The number of piperidine rings is 1. The second kappa shape index (κ2) is 7.89. The van der Waals surface area contributed by atoms with E-state index in [4.69, 9.17) is 5.11 Å². The van der Waals surface area contributed by atoms with Gasteiger partial charge in [-0.1, -0.05) is 6.07 Å². The Balaban J connectivity index is 1.54. The Morgan fingerprint density at radius 3 is 2.31 bits per heavy atom. The summed E-state index contributed by atoms with van der Waals surface area (Å²) < 4.78 is 29.6. The van der Waals surface area contributed by atoms with Crippen LogP contribution in [-0.4, -0.2) is 34.9 Å². The number of carbonyl (C=O) groups excluding carboxylic acids is 1. The third-order valence-electron chi connectivity index (χ3n) is 5.66. The fourth-order valence-electron chi connectivity index (χ4n) is 3.91. The molecule has 0 amide bonds. The molecule has 1 saturated carbocycles. The molecule has 1 saturated heterocycles. The number of Topliss-reactive ketones (excluding diaryl/α,β-unsaturated/α-hetero) is 1. The Morgan fingerprint density at radius 2 is 1.72 bits per heavy atom. The van der Waals surface area contributed by atoms with Crippen molar-refractivity contribution in [2.75, 3.05) is 18.0 Å². The van der Waals surface area contributed by atoms with Gasteiger partial charge in [-0.05, 0) is 55.9 Å². The molecule has 2 heterocycles. The Hall–Kier alpha value is -2.83. The largest absolute Gasteiger partial charge is 0.481 e. The standard InChI is InChI=1S/C22H22F2N2O3/c23-16-11-15(18-2-1-3-19(25-18)22(29)14-4-5-14)12-17(24)21(16)26-8-6-13(7-9-26)10-20(27)28/h1-3,11-14H,4-10H2,(H,27,28). The molecule has 29 heavy (non-hydrogen) atoms. The van der Waals surface area contributed by atoms with Crippen molar-refractivity contribution in [1.29, 1.82) is 0 Å². The first-order valence-corrected chi connectivity index (χ1v) is 9.90. The van der Waals surface area contributed by atoms with E-state index in [0.717, 1.165) is 12.8 Å². The van der Waals surface area contributed by atoms with Crippen LogP contribution in [0.3, 0.4) is 0 Å². The van der Waals surface area contributed by atoms with Crippen LogP contribution in [-0.2, 0) is 4.79 Å². The molecule has 0 atom stereocenters. The molecule has 0 unspecified atom stereocenters. The van der Waals surface area contributed by atoms with Crippen molar-refractivity contribution < 1.29 is 23.5 Å². The number of carbonyl (C=O) groups is 2. The van der Waals surface area contributed by atoms with Crippen molar-refractivity contribution in [3.05, 3.63) is 47.7 Å². The molecule has 1 aliphatic heterocycles. The molecule has 0 radical (unpaired) electrons. The minimum Gasteiger partial charge on any atom is -0.481 e. The molecule has 2 fully saturated rings. The van der Waals surface area contributed by atoms with E-state index in [1.165, 1.54) is 12.1 Å². The predicted octanol–water partition coefficient (Wildman–Crippen LogP) is 4.31. The number of pyridine rings is 1. The van der Waals surface area contributed by atoms with Gasteiger partial charge in [0.1, 0.15) is 23.0 Å². The van der Waals surface area contributed by atoms with Crippen molar-refractivity contribution in [3.63, 3.8) is 0 Å². The Labute approximate surface area is 167 Å². The van der Waals surface area contributed by atoms with Crippen LogP contribution in [0.2, 0.25) is 0 Å². The molecule has 0 spiro atoms. The Morgan fingerprint density at radius 1 is 1.07 bits per heavy atom. The lowest BCUT2D eigenvalue weighted by atomic mass is 9.93. The molecule has 0 bridgehead atoms. The monoisotopic (exact) mass is 400 g/mol. The van der Waals surface area contributed by atoms with Crippen LogP contribution in [0, 0.1) is 23.5 Å². The Bertz CT molecular complexity index is 928. The van der Waals surface area contributed by atoms with Crippen molar-refractivity contribution in [2.45, 2.75) is 32.1 Å². The van der Waals surface area contributed by atoms with Gasteiger partial charge in [0.2, 0.25) is 0 Å². The van der Waals surface area contributed by atoms with Crippen LogP contribution >= 0.6 is 0 Å². The van der Waals surface area contributed by atoms with Crippen LogP contribution in [0.5, 0.6) is 0 Å². The van der Waals surface area contributed by atoms with Gasteiger partial charge in [-0.25, -0.2) is 13.8 Å². The van der Waals surface area contributed by atoms with Gasteiger partial charge in [0.05, 0.1) is 5.69 Å². The number of carboxylic acids is 1. The van der Waals surface area contributed by atoms with Gasteiger partial charge < -0.3 is 10.0 Å². The summed E-state index contributed by atoms with van der Waals surface area (Å²) in [7, 11) is 0. The predicted molar refractivity (Wildman–Crippen MR) is 104 cm³/mol. The molecule has 1 N–H and O–H groups in total. The quantitative estimate of drug-likeness (QED) is 0.732. The molecule has 2 aromatic rings. The number of aliphatic carboxylic acids is 1. The highest BCUT2D eigenvalue weighted by Gasteiger charge is 2.31. The third-order valence-corrected chi connectivity index (χ3v) is 5.66.